The van der Waals surface area contributed by atoms with Crippen LogP contribution in [0, 0.1) is 5.92 Å². The van der Waals surface area contributed by atoms with Crippen molar-refractivity contribution >= 4 is 0 Å². The van der Waals surface area contributed by atoms with Gasteiger partial charge in [-0.3, -0.25) is 0 Å². The SMILES string of the molecule is COc1cccc([C@]2(O)CCCC[C@H]2CN)c1. The third-order valence-electron chi connectivity index (χ3n) is 3.89. The second kappa shape index (κ2) is 5.07. The minimum atomic E-state index is -0.776. The number of hydrogen-bond acceptors (Lipinski definition) is 3. The van der Waals surface area contributed by atoms with E-state index in [1.54, 1.807) is 7.11 Å². The number of aliphatic hydroxyl groups is 1. The van der Waals surface area contributed by atoms with Crippen LogP contribution in [0.4, 0.5) is 0 Å². The molecule has 3 N–H and O–H groups in total. The summed E-state index contributed by atoms with van der Waals surface area (Å²) in [4.78, 5) is 0. The Morgan fingerprint density at radius 2 is 2.29 bits per heavy atom. The first kappa shape index (κ1) is 12.4. The molecule has 0 amide bonds. The summed E-state index contributed by atoms with van der Waals surface area (Å²) in [6.45, 7) is 0.535. The van der Waals surface area contributed by atoms with Crippen molar-refractivity contribution in [2.75, 3.05) is 13.7 Å². The van der Waals surface area contributed by atoms with Crippen molar-refractivity contribution in [1.82, 2.24) is 0 Å². The van der Waals surface area contributed by atoms with Crippen LogP contribution in [-0.2, 0) is 5.60 Å². The molecule has 1 aliphatic carbocycles. The number of benzene rings is 1. The molecule has 0 aromatic heterocycles. The molecular formula is C14H21NO2. The highest BCUT2D eigenvalue weighted by Crippen LogP contribution is 2.41. The molecule has 1 aromatic carbocycles. The predicted molar refractivity (Wildman–Crippen MR) is 67.9 cm³/mol. The highest BCUT2D eigenvalue weighted by atomic mass is 16.5. The van der Waals surface area contributed by atoms with E-state index in [1.807, 2.05) is 24.3 Å². The number of nitrogens with two attached hydrogens (primary N) is 1. The molecule has 17 heavy (non-hydrogen) atoms. The van der Waals surface area contributed by atoms with E-state index in [9.17, 15) is 5.11 Å². The number of hydrogen-bond donors (Lipinski definition) is 2. The van der Waals surface area contributed by atoms with E-state index in [0.29, 0.717) is 6.54 Å². The van der Waals surface area contributed by atoms with Crippen LogP contribution >= 0.6 is 0 Å². The third-order valence-corrected chi connectivity index (χ3v) is 3.89. The Balaban J connectivity index is 2.33. The van der Waals surface area contributed by atoms with Crippen LogP contribution in [0.5, 0.6) is 5.75 Å². The lowest BCUT2D eigenvalue weighted by molar-refractivity contribution is -0.0507. The molecule has 0 spiro atoms. The van der Waals surface area contributed by atoms with Gasteiger partial charge in [0.15, 0.2) is 0 Å². The van der Waals surface area contributed by atoms with E-state index in [0.717, 1.165) is 37.0 Å². The van der Waals surface area contributed by atoms with Gasteiger partial charge in [0, 0.05) is 5.92 Å². The minimum Gasteiger partial charge on any atom is -0.497 e. The van der Waals surface area contributed by atoms with Crippen LogP contribution in [-0.4, -0.2) is 18.8 Å². The van der Waals surface area contributed by atoms with Gasteiger partial charge in [-0.25, -0.2) is 0 Å². The van der Waals surface area contributed by atoms with Gasteiger partial charge in [0.05, 0.1) is 12.7 Å². The van der Waals surface area contributed by atoms with Crippen molar-refractivity contribution in [1.29, 1.82) is 0 Å². The molecule has 0 bridgehead atoms. The van der Waals surface area contributed by atoms with Crippen LogP contribution < -0.4 is 10.5 Å². The molecule has 1 aliphatic rings. The molecule has 3 heteroatoms. The number of methoxy groups -OCH3 is 1. The first-order valence-corrected chi connectivity index (χ1v) is 6.27. The highest BCUT2D eigenvalue weighted by Gasteiger charge is 2.39. The van der Waals surface area contributed by atoms with Crippen molar-refractivity contribution in [2.45, 2.75) is 31.3 Å². The van der Waals surface area contributed by atoms with E-state index in [1.165, 1.54) is 0 Å². The second-order valence-corrected chi connectivity index (χ2v) is 4.83. The predicted octanol–water partition coefficient (Wildman–Crippen LogP) is 2.03. The summed E-state index contributed by atoms with van der Waals surface area (Å²) in [6, 6.07) is 7.71. The van der Waals surface area contributed by atoms with Crippen molar-refractivity contribution in [3.8, 4) is 5.75 Å². The van der Waals surface area contributed by atoms with Gasteiger partial charge >= 0.3 is 0 Å². The fourth-order valence-electron chi connectivity index (χ4n) is 2.81. The molecule has 94 valence electrons. The molecule has 0 radical (unpaired) electrons. The summed E-state index contributed by atoms with van der Waals surface area (Å²) in [6.07, 6.45) is 4.02. The fraction of sp³-hybridized carbons (Fsp3) is 0.571. The maximum absolute atomic E-state index is 10.9. The zero-order valence-corrected chi connectivity index (χ0v) is 10.4. The van der Waals surface area contributed by atoms with Gasteiger partial charge in [-0.15, -0.1) is 0 Å². The van der Waals surface area contributed by atoms with Crippen molar-refractivity contribution in [2.24, 2.45) is 11.7 Å². The van der Waals surface area contributed by atoms with Crippen molar-refractivity contribution < 1.29 is 9.84 Å². The maximum Gasteiger partial charge on any atom is 0.119 e. The lowest BCUT2D eigenvalue weighted by Crippen LogP contribution is -2.41. The molecule has 0 unspecified atom stereocenters. The molecule has 1 fully saturated rings. The lowest BCUT2D eigenvalue weighted by Gasteiger charge is -2.40. The smallest absolute Gasteiger partial charge is 0.119 e. The molecule has 1 aromatic rings. The van der Waals surface area contributed by atoms with Gasteiger partial charge in [0.25, 0.3) is 0 Å². The Morgan fingerprint density at radius 3 is 3.00 bits per heavy atom. The quantitative estimate of drug-likeness (QED) is 0.843. The molecule has 0 saturated heterocycles. The van der Waals surface area contributed by atoms with Gasteiger partial charge in [0.2, 0.25) is 0 Å². The molecule has 2 atom stereocenters. The van der Waals surface area contributed by atoms with Crippen LogP contribution in [0.1, 0.15) is 31.2 Å². The molecular weight excluding hydrogens is 214 g/mol. The third kappa shape index (κ3) is 2.31. The van der Waals surface area contributed by atoms with Crippen LogP contribution in [0.15, 0.2) is 24.3 Å². The van der Waals surface area contributed by atoms with E-state index >= 15 is 0 Å². The minimum absolute atomic E-state index is 0.156. The number of ether oxygens (including phenoxy) is 1. The highest BCUT2D eigenvalue weighted by molar-refractivity contribution is 5.33. The average Bonchev–Trinajstić information content (AvgIpc) is 2.39. The summed E-state index contributed by atoms with van der Waals surface area (Å²) in [5, 5.41) is 10.9. The second-order valence-electron chi connectivity index (χ2n) is 4.83. The monoisotopic (exact) mass is 235 g/mol. The summed E-state index contributed by atoms with van der Waals surface area (Å²) in [7, 11) is 1.64. The van der Waals surface area contributed by atoms with Gasteiger partial charge in [-0.1, -0.05) is 25.0 Å². The van der Waals surface area contributed by atoms with Gasteiger partial charge in [0.1, 0.15) is 5.75 Å². The standard InChI is InChI=1S/C14H21NO2/c1-17-13-7-4-6-11(9-13)14(16)8-3-2-5-12(14)10-15/h4,6-7,9,12,16H,2-3,5,8,10,15H2,1H3/t12-,14+/m0/s1. The summed E-state index contributed by atoms with van der Waals surface area (Å²) < 4.78 is 5.22. The zero-order valence-electron chi connectivity index (χ0n) is 10.4. The maximum atomic E-state index is 10.9. The van der Waals surface area contributed by atoms with E-state index in [4.69, 9.17) is 10.5 Å². The molecule has 0 heterocycles. The topological polar surface area (TPSA) is 55.5 Å². The first-order chi connectivity index (χ1) is 8.20. The van der Waals surface area contributed by atoms with Crippen molar-refractivity contribution in [3.05, 3.63) is 29.8 Å². The zero-order chi connectivity index (χ0) is 12.3. The Hall–Kier alpha value is -1.06. The van der Waals surface area contributed by atoms with E-state index in [2.05, 4.69) is 0 Å². The van der Waals surface area contributed by atoms with E-state index in [-0.39, 0.29) is 5.92 Å². The van der Waals surface area contributed by atoms with Gasteiger partial charge < -0.3 is 15.6 Å². The van der Waals surface area contributed by atoms with Crippen LogP contribution in [0.3, 0.4) is 0 Å². The Kier molecular flexibility index (Phi) is 3.69. The first-order valence-electron chi connectivity index (χ1n) is 6.27. The Morgan fingerprint density at radius 1 is 1.47 bits per heavy atom. The largest absolute Gasteiger partial charge is 0.497 e. The Bertz CT molecular complexity index is 380. The lowest BCUT2D eigenvalue weighted by atomic mass is 9.71. The fourth-order valence-corrected chi connectivity index (χ4v) is 2.81. The van der Waals surface area contributed by atoms with E-state index < -0.39 is 5.60 Å². The average molecular weight is 235 g/mol. The normalized spacial score (nSPS) is 29.0. The van der Waals surface area contributed by atoms with Gasteiger partial charge in [-0.05, 0) is 37.1 Å². The van der Waals surface area contributed by atoms with Gasteiger partial charge in [-0.2, -0.15) is 0 Å². The van der Waals surface area contributed by atoms with Crippen LogP contribution in [0.25, 0.3) is 0 Å². The number of rotatable bonds is 3. The molecule has 3 nitrogen and oxygen atoms in total. The summed E-state index contributed by atoms with van der Waals surface area (Å²) in [5.74, 6) is 0.945. The van der Waals surface area contributed by atoms with Crippen molar-refractivity contribution in [3.63, 3.8) is 0 Å². The van der Waals surface area contributed by atoms with Crippen LogP contribution in [0.2, 0.25) is 0 Å². The Labute approximate surface area is 103 Å². The summed E-state index contributed by atoms with van der Waals surface area (Å²) in [5.41, 5.74) is 5.96. The molecule has 0 aliphatic heterocycles. The molecule has 1 saturated carbocycles. The molecule has 2 rings (SSSR count). The summed E-state index contributed by atoms with van der Waals surface area (Å²) >= 11 is 0.